The molecule has 0 saturated carbocycles. The molecule has 1 heterocycles. The van der Waals surface area contributed by atoms with Crippen LogP contribution in [0.25, 0.3) is 0 Å². The van der Waals surface area contributed by atoms with Gasteiger partial charge in [-0.25, -0.2) is 4.79 Å². The summed E-state index contributed by atoms with van der Waals surface area (Å²) in [5.41, 5.74) is 0.836. The molecule has 6 heteroatoms. The second-order valence-corrected chi connectivity index (χ2v) is 5.84. The average molecular weight is 313 g/mol. The number of ether oxygens (including phenoxy) is 1. The first-order chi connectivity index (χ1) is 10.0. The Kier molecular flexibility index (Phi) is 5.31. The van der Waals surface area contributed by atoms with Gasteiger partial charge < -0.3 is 19.6 Å². The number of carbonyl (C=O) groups is 1. The zero-order chi connectivity index (χ0) is 15.4. The first-order valence-electron chi connectivity index (χ1n) is 7.01. The van der Waals surface area contributed by atoms with Crippen molar-refractivity contribution in [2.45, 2.75) is 25.4 Å². The predicted octanol–water partition coefficient (Wildman–Crippen LogP) is 2.92. The third-order valence-corrected chi connectivity index (χ3v) is 4.20. The molecule has 1 amide bonds. The lowest BCUT2D eigenvalue weighted by molar-refractivity contribution is 0.0923. The van der Waals surface area contributed by atoms with E-state index in [9.17, 15) is 9.90 Å². The second kappa shape index (κ2) is 7.00. The number of nitrogens with zero attached hydrogens (tertiary/aromatic N) is 2. The number of amides is 1. The monoisotopic (exact) mass is 312 g/mol. The van der Waals surface area contributed by atoms with E-state index in [1.807, 2.05) is 6.07 Å². The highest BCUT2D eigenvalue weighted by atomic mass is 35.5. The van der Waals surface area contributed by atoms with Crippen LogP contribution in [0.1, 0.15) is 18.4 Å². The topological polar surface area (TPSA) is 53.0 Å². The minimum atomic E-state index is -0.887. The summed E-state index contributed by atoms with van der Waals surface area (Å²) >= 11 is 5.94. The van der Waals surface area contributed by atoms with Crippen LogP contribution in [0, 0.1) is 0 Å². The summed E-state index contributed by atoms with van der Waals surface area (Å²) in [5.74, 6) is 0.627. The fraction of sp³-hybridized carbons (Fsp3) is 0.533. The summed E-state index contributed by atoms with van der Waals surface area (Å²) < 4.78 is 5.30. The van der Waals surface area contributed by atoms with Gasteiger partial charge in [0.25, 0.3) is 0 Å². The van der Waals surface area contributed by atoms with Crippen LogP contribution in [0.4, 0.5) is 4.79 Å². The fourth-order valence-corrected chi connectivity index (χ4v) is 2.85. The van der Waals surface area contributed by atoms with E-state index in [0.717, 1.165) is 31.5 Å². The van der Waals surface area contributed by atoms with Crippen LogP contribution in [0.3, 0.4) is 0 Å². The summed E-state index contributed by atoms with van der Waals surface area (Å²) in [7, 11) is 3.62. The van der Waals surface area contributed by atoms with Gasteiger partial charge in [0.2, 0.25) is 0 Å². The van der Waals surface area contributed by atoms with E-state index in [-0.39, 0.29) is 6.04 Å². The zero-order valence-corrected chi connectivity index (χ0v) is 13.1. The molecule has 1 aromatic rings. The lowest BCUT2D eigenvalue weighted by atomic mass is 10.0. The van der Waals surface area contributed by atoms with Gasteiger partial charge in [0.05, 0.1) is 13.7 Å². The molecule has 1 N–H and O–H groups in total. The van der Waals surface area contributed by atoms with Crippen LogP contribution >= 0.6 is 11.6 Å². The van der Waals surface area contributed by atoms with Crippen molar-refractivity contribution < 1.29 is 14.6 Å². The van der Waals surface area contributed by atoms with Crippen LogP contribution in [0.15, 0.2) is 18.2 Å². The number of rotatable bonds is 4. The van der Waals surface area contributed by atoms with Gasteiger partial charge in [0.1, 0.15) is 5.75 Å². The van der Waals surface area contributed by atoms with E-state index in [0.29, 0.717) is 17.3 Å². The lowest BCUT2D eigenvalue weighted by Crippen LogP contribution is -2.45. The summed E-state index contributed by atoms with van der Waals surface area (Å²) in [6, 6.07) is 5.35. The highest BCUT2D eigenvalue weighted by Crippen LogP contribution is 2.26. The number of hydrogen-bond acceptors (Lipinski definition) is 3. The van der Waals surface area contributed by atoms with Crippen molar-refractivity contribution in [3.8, 4) is 5.75 Å². The van der Waals surface area contributed by atoms with Crippen LogP contribution in [0.2, 0.25) is 5.02 Å². The van der Waals surface area contributed by atoms with E-state index in [4.69, 9.17) is 16.3 Å². The van der Waals surface area contributed by atoms with Crippen molar-refractivity contribution >= 4 is 17.7 Å². The Balaban J connectivity index is 2.15. The van der Waals surface area contributed by atoms with E-state index in [1.54, 1.807) is 19.2 Å². The van der Waals surface area contributed by atoms with Crippen molar-refractivity contribution in [2.75, 3.05) is 27.2 Å². The maximum atomic E-state index is 11.6. The Hall–Kier alpha value is -1.46. The van der Waals surface area contributed by atoms with E-state index < -0.39 is 6.09 Å². The molecule has 1 fully saturated rings. The van der Waals surface area contributed by atoms with Crippen molar-refractivity contribution in [1.82, 2.24) is 9.80 Å². The molecule has 21 heavy (non-hydrogen) atoms. The maximum absolute atomic E-state index is 11.6. The largest absolute Gasteiger partial charge is 0.496 e. The molecule has 0 radical (unpaired) electrons. The van der Waals surface area contributed by atoms with Gasteiger partial charge in [-0.2, -0.15) is 0 Å². The smallest absolute Gasteiger partial charge is 0.407 e. The normalized spacial score (nSPS) is 16.7. The molecule has 1 aromatic carbocycles. The number of piperidine rings is 1. The van der Waals surface area contributed by atoms with E-state index in [2.05, 4.69) is 11.9 Å². The van der Waals surface area contributed by atoms with Crippen molar-refractivity contribution in [3.05, 3.63) is 28.8 Å². The van der Waals surface area contributed by atoms with E-state index in [1.165, 1.54) is 4.90 Å². The Morgan fingerprint density at radius 2 is 2.14 bits per heavy atom. The molecule has 0 bridgehead atoms. The Morgan fingerprint density at radius 1 is 1.48 bits per heavy atom. The lowest BCUT2D eigenvalue weighted by Gasteiger charge is -2.36. The second-order valence-electron chi connectivity index (χ2n) is 5.40. The molecule has 0 spiro atoms. The minimum Gasteiger partial charge on any atom is -0.496 e. The molecular weight excluding hydrogens is 292 g/mol. The average Bonchev–Trinajstić information content (AvgIpc) is 2.46. The SMILES string of the molecule is COc1cc(Cl)ccc1CN(C(=O)O)C1CCN(C)CC1. The Bertz CT molecular complexity index is 502. The molecule has 0 unspecified atom stereocenters. The molecule has 0 atom stereocenters. The van der Waals surface area contributed by atoms with Gasteiger partial charge in [0.15, 0.2) is 0 Å². The van der Waals surface area contributed by atoms with Gasteiger partial charge >= 0.3 is 6.09 Å². The molecule has 0 aromatic heterocycles. The first kappa shape index (κ1) is 15.9. The van der Waals surface area contributed by atoms with Crippen LogP contribution < -0.4 is 4.74 Å². The number of hydrogen-bond donors (Lipinski definition) is 1. The highest BCUT2D eigenvalue weighted by molar-refractivity contribution is 6.30. The summed E-state index contributed by atoms with van der Waals surface area (Å²) in [5, 5.41) is 10.1. The van der Waals surface area contributed by atoms with Crippen molar-refractivity contribution in [1.29, 1.82) is 0 Å². The van der Waals surface area contributed by atoms with Gasteiger partial charge in [-0.05, 0) is 45.1 Å². The van der Waals surface area contributed by atoms with Gasteiger partial charge in [-0.3, -0.25) is 0 Å². The quantitative estimate of drug-likeness (QED) is 0.929. The predicted molar refractivity (Wildman–Crippen MR) is 82.1 cm³/mol. The van der Waals surface area contributed by atoms with E-state index >= 15 is 0 Å². The van der Waals surface area contributed by atoms with Crippen LogP contribution in [0.5, 0.6) is 5.75 Å². The minimum absolute atomic E-state index is 0.0547. The molecule has 5 nitrogen and oxygen atoms in total. The number of benzene rings is 1. The van der Waals surface area contributed by atoms with Crippen LogP contribution in [-0.4, -0.2) is 54.3 Å². The number of methoxy groups -OCH3 is 1. The summed E-state index contributed by atoms with van der Waals surface area (Å²) in [4.78, 5) is 15.3. The first-order valence-corrected chi connectivity index (χ1v) is 7.39. The third kappa shape index (κ3) is 4.02. The summed E-state index contributed by atoms with van der Waals surface area (Å²) in [6.45, 7) is 2.17. The fourth-order valence-electron chi connectivity index (χ4n) is 2.69. The van der Waals surface area contributed by atoms with Crippen molar-refractivity contribution in [3.63, 3.8) is 0 Å². The summed E-state index contributed by atoms with van der Waals surface area (Å²) in [6.07, 6.45) is 0.832. The molecule has 116 valence electrons. The molecular formula is C15H21ClN2O3. The molecule has 0 aliphatic carbocycles. The third-order valence-electron chi connectivity index (χ3n) is 3.96. The highest BCUT2D eigenvalue weighted by Gasteiger charge is 2.27. The Morgan fingerprint density at radius 3 is 2.71 bits per heavy atom. The van der Waals surface area contributed by atoms with Crippen LogP contribution in [-0.2, 0) is 6.54 Å². The Labute approximate surface area is 130 Å². The molecule has 1 aliphatic rings. The standard InChI is InChI=1S/C15H21ClN2O3/c1-17-7-5-13(6-8-17)18(15(19)20)10-11-3-4-12(16)9-14(11)21-2/h3-4,9,13H,5-8,10H2,1-2H3,(H,19,20). The molecule has 1 saturated heterocycles. The maximum Gasteiger partial charge on any atom is 0.407 e. The number of carboxylic acid groups (broad SMARTS) is 1. The van der Waals surface area contributed by atoms with Crippen molar-refractivity contribution in [2.24, 2.45) is 0 Å². The van der Waals surface area contributed by atoms with Gasteiger partial charge in [-0.1, -0.05) is 17.7 Å². The van der Waals surface area contributed by atoms with Gasteiger partial charge in [-0.15, -0.1) is 0 Å². The molecule has 1 aliphatic heterocycles. The molecule has 2 rings (SSSR count). The zero-order valence-electron chi connectivity index (χ0n) is 12.4. The van der Waals surface area contributed by atoms with Gasteiger partial charge in [0, 0.05) is 16.6 Å². The number of likely N-dealkylation sites (tertiary alicyclic amines) is 1. The number of halogens is 1.